The minimum Gasteiger partial charge on any atom is -0.329 e. The van der Waals surface area contributed by atoms with Crippen LogP contribution in [0, 0.1) is 11.3 Å². The number of hydrogen-bond donors (Lipinski definition) is 0. The summed E-state index contributed by atoms with van der Waals surface area (Å²) in [4.78, 5) is 10.9. The van der Waals surface area contributed by atoms with Crippen LogP contribution in [0.15, 0.2) is 24.5 Å². The molecule has 1 aromatic heterocycles. The number of hydrogen-bond acceptors (Lipinski definition) is 2. The van der Waals surface area contributed by atoms with E-state index in [1.54, 1.807) is 17.0 Å². The highest BCUT2D eigenvalue weighted by molar-refractivity contribution is 6.05. The Kier molecular flexibility index (Phi) is 0.970. The summed E-state index contributed by atoms with van der Waals surface area (Å²) >= 11 is 0. The normalized spacial score (nSPS) is 28.1. The summed E-state index contributed by atoms with van der Waals surface area (Å²) in [6.07, 6.45) is 3.85. The predicted molar refractivity (Wildman–Crippen MR) is 37.6 cm³/mol. The topological polar surface area (TPSA) is 45.8 Å². The van der Waals surface area contributed by atoms with Gasteiger partial charge in [-0.15, -0.1) is 0 Å². The van der Waals surface area contributed by atoms with Crippen molar-refractivity contribution in [2.45, 2.75) is 12.0 Å². The fraction of sp³-hybridized carbons (Fsp3) is 0.250. The maximum Gasteiger partial charge on any atom is 0.197 e. The molecule has 1 aromatic rings. The number of aromatic nitrogens is 1. The molecule has 0 N–H and O–H groups in total. The van der Waals surface area contributed by atoms with E-state index in [2.05, 4.69) is 0 Å². The van der Waals surface area contributed by atoms with Gasteiger partial charge in [-0.25, -0.2) is 0 Å². The average molecular weight is 146 g/mol. The van der Waals surface area contributed by atoms with Crippen molar-refractivity contribution in [3.8, 4) is 6.07 Å². The van der Waals surface area contributed by atoms with Crippen LogP contribution >= 0.6 is 0 Å². The molecule has 0 spiro atoms. The van der Waals surface area contributed by atoms with Crippen molar-refractivity contribution in [3.05, 3.63) is 24.5 Å². The molecular formula is C8H6N2O. The monoisotopic (exact) mass is 146 g/mol. The third-order valence-corrected chi connectivity index (χ3v) is 1.98. The average Bonchev–Trinajstić information content (AvgIpc) is 2.55. The molecule has 3 heteroatoms. The molecule has 0 saturated heterocycles. The van der Waals surface area contributed by atoms with Gasteiger partial charge in [0.25, 0.3) is 0 Å². The van der Waals surface area contributed by atoms with E-state index >= 15 is 0 Å². The molecular weight excluding hydrogens is 140 g/mol. The lowest BCUT2D eigenvalue weighted by molar-refractivity contribution is -0.111. The quantitative estimate of drug-likeness (QED) is 0.584. The van der Waals surface area contributed by atoms with Crippen LogP contribution in [-0.2, 0) is 10.3 Å². The molecule has 1 saturated carbocycles. The number of carbonyl (C=O) groups is 1. The first kappa shape index (κ1) is 6.17. The van der Waals surface area contributed by atoms with E-state index in [-0.39, 0.29) is 5.78 Å². The maximum absolute atomic E-state index is 10.9. The Bertz CT molecular complexity index is 333. The lowest BCUT2D eigenvalue weighted by Crippen LogP contribution is -2.15. The molecule has 0 radical (unpaired) electrons. The van der Waals surface area contributed by atoms with Gasteiger partial charge in [0.1, 0.15) is 0 Å². The summed E-state index contributed by atoms with van der Waals surface area (Å²) in [5.41, 5.74) is -0.844. The van der Waals surface area contributed by atoms with Gasteiger partial charge in [0.05, 0.1) is 12.5 Å². The van der Waals surface area contributed by atoms with Gasteiger partial charge in [0.15, 0.2) is 11.3 Å². The fourth-order valence-corrected chi connectivity index (χ4v) is 1.17. The van der Waals surface area contributed by atoms with E-state index in [0.717, 1.165) is 0 Å². The van der Waals surface area contributed by atoms with Crippen molar-refractivity contribution < 1.29 is 4.79 Å². The number of nitrogens with zero attached hydrogens (tertiary/aromatic N) is 2. The van der Waals surface area contributed by atoms with Crippen molar-refractivity contribution in [2.24, 2.45) is 0 Å². The zero-order valence-corrected chi connectivity index (χ0v) is 5.82. The molecule has 1 aliphatic carbocycles. The summed E-state index contributed by atoms with van der Waals surface area (Å²) in [5.74, 6) is 0.0104. The van der Waals surface area contributed by atoms with Gasteiger partial charge < -0.3 is 4.57 Å². The zero-order chi connectivity index (χ0) is 7.90. The minimum absolute atomic E-state index is 0.0104. The van der Waals surface area contributed by atoms with Crippen molar-refractivity contribution in [1.82, 2.24) is 4.57 Å². The predicted octanol–water partition coefficient (Wildman–Crippen LogP) is 0.680. The molecule has 0 aromatic carbocycles. The van der Waals surface area contributed by atoms with Crippen LogP contribution in [0.25, 0.3) is 0 Å². The number of rotatable bonds is 1. The van der Waals surface area contributed by atoms with Gasteiger partial charge in [0, 0.05) is 12.4 Å². The summed E-state index contributed by atoms with van der Waals surface area (Å²) in [6, 6.07) is 5.64. The third kappa shape index (κ3) is 0.637. The first-order valence-corrected chi connectivity index (χ1v) is 3.37. The maximum atomic E-state index is 10.9. The molecule has 11 heavy (non-hydrogen) atoms. The molecule has 1 unspecified atom stereocenters. The molecule has 1 aliphatic rings. The molecule has 2 rings (SSSR count). The molecule has 54 valence electrons. The van der Waals surface area contributed by atoms with E-state index in [4.69, 9.17) is 5.26 Å². The second-order valence-electron chi connectivity index (χ2n) is 2.66. The van der Waals surface area contributed by atoms with Gasteiger partial charge in [-0.3, -0.25) is 4.79 Å². The Morgan fingerprint density at radius 2 is 2.09 bits per heavy atom. The van der Waals surface area contributed by atoms with E-state index in [9.17, 15) is 4.79 Å². The summed E-state index contributed by atoms with van der Waals surface area (Å²) < 4.78 is 1.66. The van der Waals surface area contributed by atoms with E-state index < -0.39 is 5.54 Å². The van der Waals surface area contributed by atoms with Crippen molar-refractivity contribution in [3.63, 3.8) is 0 Å². The second kappa shape index (κ2) is 1.73. The smallest absolute Gasteiger partial charge is 0.197 e. The highest BCUT2D eigenvalue weighted by atomic mass is 16.1. The summed E-state index contributed by atoms with van der Waals surface area (Å²) in [7, 11) is 0. The Labute approximate surface area is 63.9 Å². The standard InChI is InChI=1S/C8H6N2O/c9-6-8(5-7(8)11)10-3-1-2-4-10/h1-4H,5H2. The molecule has 0 aliphatic heterocycles. The van der Waals surface area contributed by atoms with E-state index in [0.29, 0.717) is 6.42 Å². The Balaban J connectivity index is 2.45. The van der Waals surface area contributed by atoms with Crippen LogP contribution in [0.2, 0.25) is 0 Å². The van der Waals surface area contributed by atoms with Crippen LogP contribution in [0.4, 0.5) is 0 Å². The highest BCUT2D eigenvalue weighted by Gasteiger charge is 2.56. The Morgan fingerprint density at radius 1 is 1.55 bits per heavy atom. The van der Waals surface area contributed by atoms with Crippen LogP contribution < -0.4 is 0 Å². The molecule has 0 amide bonds. The van der Waals surface area contributed by atoms with Crippen LogP contribution in [-0.4, -0.2) is 10.4 Å². The lowest BCUT2D eigenvalue weighted by atomic mass is 10.3. The largest absolute Gasteiger partial charge is 0.329 e. The van der Waals surface area contributed by atoms with Gasteiger partial charge in [-0.1, -0.05) is 0 Å². The van der Waals surface area contributed by atoms with E-state index in [1.165, 1.54) is 0 Å². The number of ketones is 1. The molecule has 1 fully saturated rings. The van der Waals surface area contributed by atoms with Crippen LogP contribution in [0.3, 0.4) is 0 Å². The summed E-state index contributed by atoms with van der Waals surface area (Å²) in [6.45, 7) is 0. The lowest BCUT2D eigenvalue weighted by Gasteiger charge is -2.03. The van der Waals surface area contributed by atoms with Gasteiger partial charge in [0.2, 0.25) is 0 Å². The van der Waals surface area contributed by atoms with Gasteiger partial charge >= 0.3 is 0 Å². The third-order valence-electron chi connectivity index (χ3n) is 1.98. The number of Topliss-reactive ketones (excluding diaryl/α,β-unsaturated/α-hetero) is 1. The zero-order valence-electron chi connectivity index (χ0n) is 5.82. The SMILES string of the molecule is N#CC1(n2cccc2)CC1=O. The summed E-state index contributed by atoms with van der Waals surface area (Å²) in [5, 5.41) is 8.71. The first-order valence-electron chi connectivity index (χ1n) is 3.37. The fourth-order valence-electron chi connectivity index (χ4n) is 1.17. The van der Waals surface area contributed by atoms with Crippen LogP contribution in [0.1, 0.15) is 6.42 Å². The van der Waals surface area contributed by atoms with Crippen LogP contribution in [0.5, 0.6) is 0 Å². The minimum atomic E-state index is -0.844. The number of nitriles is 1. The first-order chi connectivity index (χ1) is 5.29. The van der Waals surface area contributed by atoms with Gasteiger partial charge in [-0.2, -0.15) is 5.26 Å². The van der Waals surface area contributed by atoms with Crippen molar-refractivity contribution in [2.75, 3.05) is 0 Å². The molecule has 3 nitrogen and oxygen atoms in total. The Morgan fingerprint density at radius 3 is 2.45 bits per heavy atom. The molecule has 1 atom stereocenters. The van der Waals surface area contributed by atoms with Crippen molar-refractivity contribution in [1.29, 1.82) is 5.26 Å². The van der Waals surface area contributed by atoms with Gasteiger partial charge in [-0.05, 0) is 12.1 Å². The molecule has 1 heterocycles. The highest BCUT2D eigenvalue weighted by Crippen LogP contribution is 2.37. The number of carbonyl (C=O) groups excluding carboxylic acids is 1. The Hall–Kier alpha value is -1.56. The van der Waals surface area contributed by atoms with Crippen molar-refractivity contribution >= 4 is 5.78 Å². The second-order valence-corrected chi connectivity index (χ2v) is 2.66. The van der Waals surface area contributed by atoms with E-state index in [1.807, 2.05) is 18.2 Å². The molecule has 0 bridgehead atoms.